The SMILES string of the molecule is CCCNC(c1ccc(C)s1)c1cc(Cl)ccc1C. The maximum Gasteiger partial charge on any atom is 0.0674 e. The summed E-state index contributed by atoms with van der Waals surface area (Å²) in [5.41, 5.74) is 2.56. The zero-order valence-corrected chi connectivity index (χ0v) is 13.2. The Kier molecular flexibility index (Phi) is 5.03. The number of hydrogen-bond donors (Lipinski definition) is 1. The molecule has 2 rings (SSSR count). The van der Waals surface area contributed by atoms with Crippen molar-refractivity contribution in [2.45, 2.75) is 33.2 Å². The van der Waals surface area contributed by atoms with Gasteiger partial charge in [-0.25, -0.2) is 0 Å². The molecular weight excluding hydrogens is 274 g/mol. The van der Waals surface area contributed by atoms with Gasteiger partial charge in [0.2, 0.25) is 0 Å². The predicted octanol–water partition coefficient (Wildman–Crippen LogP) is 5.11. The van der Waals surface area contributed by atoms with Gasteiger partial charge in [-0.2, -0.15) is 0 Å². The Hall–Kier alpha value is -0.830. The minimum atomic E-state index is 0.248. The molecule has 0 amide bonds. The van der Waals surface area contributed by atoms with Crippen LogP contribution < -0.4 is 5.32 Å². The van der Waals surface area contributed by atoms with E-state index in [-0.39, 0.29) is 6.04 Å². The molecule has 0 aliphatic carbocycles. The van der Waals surface area contributed by atoms with Crippen LogP contribution in [0.1, 0.15) is 40.3 Å². The van der Waals surface area contributed by atoms with Crippen molar-refractivity contribution in [3.8, 4) is 0 Å². The van der Waals surface area contributed by atoms with E-state index in [2.05, 4.69) is 50.4 Å². The number of nitrogens with one attached hydrogen (secondary N) is 1. The Morgan fingerprint density at radius 3 is 2.63 bits per heavy atom. The molecule has 1 aromatic carbocycles. The Balaban J connectivity index is 2.39. The third kappa shape index (κ3) is 3.59. The van der Waals surface area contributed by atoms with Gasteiger partial charge < -0.3 is 5.32 Å². The molecule has 1 nitrogen and oxygen atoms in total. The highest BCUT2D eigenvalue weighted by Gasteiger charge is 2.17. The zero-order valence-electron chi connectivity index (χ0n) is 11.7. The molecule has 0 saturated heterocycles. The number of halogens is 1. The summed E-state index contributed by atoms with van der Waals surface area (Å²) in [6, 6.07) is 10.8. The molecular formula is C16H20ClNS. The number of rotatable bonds is 5. The lowest BCUT2D eigenvalue weighted by molar-refractivity contribution is 0.603. The van der Waals surface area contributed by atoms with E-state index in [0.29, 0.717) is 0 Å². The summed E-state index contributed by atoms with van der Waals surface area (Å²) in [5, 5.41) is 4.44. The third-order valence-corrected chi connectivity index (χ3v) is 4.50. The van der Waals surface area contributed by atoms with Gasteiger partial charge in [0, 0.05) is 14.8 Å². The molecule has 3 heteroatoms. The lowest BCUT2D eigenvalue weighted by Crippen LogP contribution is -2.23. The molecule has 102 valence electrons. The van der Waals surface area contributed by atoms with Crippen LogP contribution in [0.2, 0.25) is 5.02 Å². The lowest BCUT2D eigenvalue weighted by atomic mass is 10.00. The van der Waals surface area contributed by atoms with E-state index in [1.54, 1.807) is 0 Å². The first kappa shape index (κ1) is 14.6. The highest BCUT2D eigenvalue weighted by Crippen LogP contribution is 2.31. The molecule has 0 aliphatic rings. The number of hydrogen-bond acceptors (Lipinski definition) is 2. The molecule has 1 unspecified atom stereocenters. The Labute approximate surface area is 124 Å². The number of aryl methyl sites for hydroxylation is 2. The predicted molar refractivity (Wildman–Crippen MR) is 85.4 cm³/mol. The third-order valence-electron chi connectivity index (χ3n) is 3.20. The average molecular weight is 294 g/mol. The van der Waals surface area contributed by atoms with Gasteiger partial charge in [0.25, 0.3) is 0 Å². The topological polar surface area (TPSA) is 12.0 Å². The second-order valence-electron chi connectivity index (χ2n) is 4.84. The van der Waals surface area contributed by atoms with Crippen molar-refractivity contribution < 1.29 is 0 Å². The molecule has 1 aromatic heterocycles. The van der Waals surface area contributed by atoms with Crippen LogP contribution in [-0.2, 0) is 0 Å². The molecule has 0 bridgehead atoms. The van der Waals surface area contributed by atoms with Crippen molar-refractivity contribution >= 4 is 22.9 Å². The van der Waals surface area contributed by atoms with Crippen molar-refractivity contribution in [3.05, 3.63) is 56.2 Å². The van der Waals surface area contributed by atoms with Crippen LogP contribution in [-0.4, -0.2) is 6.54 Å². The zero-order chi connectivity index (χ0) is 13.8. The number of thiophene rings is 1. The fourth-order valence-electron chi connectivity index (χ4n) is 2.18. The summed E-state index contributed by atoms with van der Waals surface area (Å²) >= 11 is 8.01. The smallest absolute Gasteiger partial charge is 0.0674 e. The molecule has 1 atom stereocenters. The summed E-state index contributed by atoms with van der Waals surface area (Å²) in [4.78, 5) is 2.70. The quantitative estimate of drug-likeness (QED) is 0.808. The van der Waals surface area contributed by atoms with E-state index in [1.165, 1.54) is 20.9 Å². The van der Waals surface area contributed by atoms with Gasteiger partial charge in [-0.05, 0) is 62.2 Å². The van der Waals surface area contributed by atoms with Gasteiger partial charge in [-0.15, -0.1) is 11.3 Å². The minimum Gasteiger partial charge on any atom is -0.306 e. The van der Waals surface area contributed by atoms with E-state index in [0.717, 1.165) is 18.0 Å². The molecule has 19 heavy (non-hydrogen) atoms. The summed E-state index contributed by atoms with van der Waals surface area (Å²) in [7, 11) is 0. The monoisotopic (exact) mass is 293 g/mol. The van der Waals surface area contributed by atoms with Gasteiger partial charge in [0.1, 0.15) is 0 Å². The maximum atomic E-state index is 6.16. The molecule has 0 spiro atoms. The normalized spacial score (nSPS) is 12.6. The standard InChI is InChI=1S/C16H20ClNS/c1-4-9-18-16(15-8-6-12(3)19-15)14-10-13(17)7-5-11(14)2/h5-8,10,16,18H,4,9H2,1-3H3. The van der Waals surface area contributed by atoms with E-state index in [4.69, 9.17) is 11.6 Å². The first-order valence-electron chi connectivity index (χ1n) is 6.67. The molecule has 0 radical (unpaired) electrons. The fraction of sp³-hybridized carbons (Fsp3) is 0.375. The first-order valence-corrected chi connectivity index (χ1v) is 7.87. The van der Waals surface area contributed by atoms with Crippen molar-refractivity contribution in [3.63, 3.8) is 0 Å². The van der Waals surface area contributed by atoms with Crippen LogP contribution in [0.15, 0.2) is 30.3 Å². The summed E-state index contributed by atoms with van der Waals surface area (Å²) < 4.78 is 0. The first-order chi connectivity index (χ1) is 9.11. The van der Waals surface area contributed by atoms with E-state index < -0.39 is 0 Å². The fourth-order valence-corrected chi connectivity index (χ4v) is 3.34. The van der Waals surface area contributed by atoms with Gasteiger partial charge in [0.05, 0.1) is 6.04 Å². The average Bonchev–Trinajstić information content (AvgIpc) is 2.80. The van der Waals surface area contributed by atoms with E-state index in [9.17, 15) is 0 Å². The molecule has 1 N–H and O–H groups in total. The van der Waals surface area contributed by atoms with Crippen molar-refractivity contribution in [2.75, 3.05) is 6.54 Å². The molecule has 0 fully saturated rings. The maximum absolute atomic E-state index is 6.16. The molecule has 1 heterocycles. The summed E-state index contributed by atoms with van der Waals surface area (Å²) in [6.07, 6.45) is 1.13. The van der Waals surface area contributed by atoms with Crippen molar-refractivity contribution in [1.29, 1.82) is 0 Å². The van der Waals surface area contributed by atoms with Crippen LogP contribution in [0.3, 0.4) is 0 Å². The van der Waals surface area contributed by atoms with Gasteiger partial charge in [-0.1, -0.05) is 24.6 Å². The van der Waals surface area contributed by atoms with E-state index in [1.807, 2.05) is 17.4 Å². The molecule has 2 aromatic rings. The van der Waals surface area contributed by atoms with E-state index >= 15 is 0 Å². The Morgan fingerprint density at radius 2 is 2.00 bits per heavy atom. The van der Waals surface area contributed by atoms with Crippen LogP contribution in [0.25, 0.3) is 0 Å². The van der Waals surface area contributed by atoms with Gasteiger partial charge >= 0.3 is 0 Å². The van der Waals surface area contributed by atoms with Crippen LogP contribution in [0.4, 0.5) is 0 Å². The summed E-state index contributed by atoms with van der Waals surface area (Å²) in [5.74, 6) is 0. The van der Waals surface area contributed by atoms with Gasteiger partial charge in [0.15, 0.2) is 0 Å². The minimum absolute atomic E-state index is 0.248. The second-order valence-corrected chi connectivity index (χ2v) is 6.59. The number of benzene rings is 1. The second kappa shape index (κ2) is 6.56. The largest absolute Gasteiger partial charge is 0.306 e. The summed E-state index contributed by atoms with van der Waals surface area (Å²) in [6.45, 7) is 7.49. The van der Waals surface area contributed by atoms with Crippen molar-refractivity contribution in [1.82, 2.24) is 5.32 Å². The lowest BCUT2D eigenvalue weighted by Gasteiger charge is -2.20. The Bertz CT molecular complexity index is 547. The Morgan fingerprint density at radius 1 is 1.21 bits per heavy atom. The van der Waals surface area contributed by atoms with Crippen LogP contribution in [0, 0.1) is 13.8 Å². The highest BCUT2D eigenvalue weighted by atomic mass is 35.5. The molecule has 0 aliphatic heterocycles. The van der Waals surface area contributed by atoms with Crippen LogP contribution >= 0.6 is 22.9 Å². The van der Waals surface area contributed by atoms with Gasteiger partial charge in [-0.3, -0.25) is 0 Å². The molecule has 0 saturated carbocycles. The highest BCUT2D eigenvalue weighted by molar-refractivity contribution is 7.12. The van der Waals surface area contributed by atoms with Crippen LogP contribution in [0.5, 0.6) is 0 Å². The van der Waals surface area contributed by atoms with Crippen molar-refractivity contribution in [2.24, 2.45) is 0 Å².